The van der Waals surface area contributed by atoms with E-state index in [0.29, 0.717) is 55.0 Å². The number of nitrogens with one attached hydrogen (secondary N) is 2. The smallest absolute Gasteiger partial charge is 0.230 e. The fourth-order valence-corrected chi connectivity index (χ4v) is 3.54. The fraction of sp³-hybridized carbons (Fsp3) is 0.278. The minimum absolute atomic E-state index is 0.0646. The van der Waals surface area contributed by atoms with Gasteiger partial charge in [-0.25, -0.2) is 23.4 Å². The van der Waals surface area contributed by atoms with E-state index in [0.717, 1.165) is 6.26 Å². The molecule has 0 bridgehead atoms. The highest BCUT2D eigenvalue weighted by molar-refractivity contribution is 7.92. The maximum atomic E-state index is 11.5. The number of anilines is 6. The van der Waals surface area contributed by atoms with Crippen molar-refractivity contribution in [2.45, 2.75) is 0 Å². The van der Waals surface area contributed by atoms with E-state index in [1.165, 1.54) is 12.4 Å². The maximum Gasteiger partial charge on any atom is 0.230 e. The summed E-state index contributed by atoms with van der Waals surface area (Å²) in [5, 5.41) is 3.16. The van der Waals surface area contributed by atoms with E-state index in [2.05, 4.69) is 35.0 Å². The molecule has 1 fully saturated rings. The predicted octanol–water partition coefficient (Wildman–Crippen LogP) is 0.445. The highest BCUT2D eigenvalue weighted by Gasteiger charge is 2.18. The molecule has 1 aliphatic rings. The molecule has 4 heterocycles. The van der Waals surface area contributed by atoms with Gasteiger partial charge in [0, 0.05) is 43.3 Å². The maximum absolute atomic E-state index is 11.5. The molecule has 0 spiro atoms. The van der Waals surface area contributed by atoms with E-state index in [4.69, 9.17) is 16.2 Å². The van der Waals surface area contributed by atoms with Crippen LogP contribution >= 0.6 is 0 Å². The summed E-state index contributed by atoms with van der Waals surface area (Å²) in [5.41, 5.74) is 13.2. The Balaban J connectivity index is 1.72. The van der Waals surface area contributed by atoms with Crippen molar-refractivity contribution in [2.75, 3.05) is 59.0 Å². The van der Waals surface area contributed by atoms with E-state index in [-0.39, 0.29) is 17.6 Å². The van der Waals surface area contributed by atoms with Gasteiger partial charge in [-0.05, 0) is 6.07 Å². The van der Waals surface area contributed by atoms with E-state index in [9.17, 15) is 8.42 Å². The standard InChI is InChI=1S/C18H22N10O3S/c1-32(29,30)27-14-8-11(2-3-21-14)23-15-9-13(12-10-22-17(20)26-16(12)19)24-18(25-15)28-4-6-31-7-5-28/h2-3,8-10H,4-7H2,1H3,(H4,19,20,22,26)(H2,21,23,24,25,27). The van der Waals surface area contributed by atoms with Crippen LogP contribution < -0.4 is 26.4 Å². The molecule has 1 saturated heterocycles. The summed E-state index contributed by atoms with van der Waals surface area (Å²) in [5.74, 6) is 1.38. The van der Waals surface area contributed by atoms with Crippen molar-refractivity contribution in [3.63, 3.8) is 0 Å². The van der Waals surface area contributed by atoms with E-state index in [1.807, 2.05) is 4.90 Å². The second kappa shape index (κ2) is 8.76. The number of nitrogens with zero attached hydrogens (tertiary/aromatic N) is 6. The fourth-order valence-electron chi connectivity index (χ4n) is 3.05. The molecule has 1 aliphatic heterocycles. The van der Waals surface area contributed by atoms with Gasteiger partial charge in [0.1, 0.15) is 17.5 Å². The first-order valence-electron chi connectivity index (χ1n) is 9.58. The number of sulfonamides is 1. The Hall–Kier alpha value is -3.78. The van der Waals surface area contributed by atoms with Crippen molar-refractivity contribution in [1.29, 1.82) is 0 Å². The second-order valence-electron chi connectivity index (χ2n) is 6.99. The molecular formula is C18H22N10O3S. The molecule has 3 aromatic rings. The number of hydrogen-bond donors (Lipinski definition) is 4. The molecule has 13 nitrogen and oxygen atoms in total. The van der Waals surface area contributed by atoms with Gasteiger partial charge in [-0.1, -0.05) is 0 Å². The molecule has 6 N–H and O–H groups in total. The summed E-state index contributed by atoms with van der Waals surface area (Å²) < 4.78 is 30.8. The monoisotopic (exact) mass is 458 g/mol. The van der Waals surface area contributed by atoms with E-state index >= 15 is 0 Å². The van der Waals surface area contributed by atoms with Gasteiger partial charge in [-0.3, -0.25) is 4.72 Å². The highest BCUT2D eigenvalue weighted by atomic mass is 32.2. The quantitative estimate of drug-likeness (QED) is 0.400. The van der Waals surface area contributed by atoms with Gasteiger partial charge in [0.05, 0.1) is 30.7 Å². The second-order valence-corrected chi connectivity index (χ2v) is 8.74. The van der Waals surface area contributed by atoms with Crippen LogP contribution in [-0.2, 0) is 14.8 Å². The Bertz CT molecular complexity index is 1230. The number of hydrogen-bond acceptors (Lipinski definition) is 12. The number of rotatable bonds is 6. The minimum Gasteiger partial charge on any atom is -0.383 e. The SMILES string of the molecule is CS(=O)(=O)Nc1cc(Nc2cc(-c3cnc(N)nc3N)nc(N3CCOCC3)n2)ccn1. The Kier molecular flexibility index (Phi) is 5.87. The van der Waals surface area contributed by atoms with Crippen molar-refractivity contribution in [3.05, 3.63) is 30.6 Å². The topological polar surface area (TPSA) is 187 Å². The number of ether oxygens (including phenoxy) is 1. The zero-order valence-corrected chi connectivity index (χ0v) is 18.0. The summed E-state index contributed by atoms with van der Waals surface area (Å²) in [6, 6.07) is 4.93. The first-order chi connectivity index (χ1) is 15.3. The number of nitrogens with two attached hydrogens (primary N) is 2. The third-order valence-electron chi connectivity index (χ3n) is 4.44. The van der Waals surface area contributed by atoms with Crippen LogP contribution in [-0.4, -0.2) is 65.9 Å². The normalized spacial score (nSPS) is 14.2. The molecule has 0 aromatic carbocycles. The largest absolute Gasteiger partial charge is 0.383 e. The van der Waals surface area contributed by atoms with Crippen LogP contribution in [0.1, 0.15) is 0 Å². The van der Waals surface area contributed by atoms with Gasteiger partial charge in [0.2, 0.25) is 21.9 Å². The first kappa shape index (κ1) is 21.5. The average Bonchev–Trinajstić information content (AvgIpc) is 2.73. The number of pyridine rings is 1. The molecule has 0 unspecified atom stereocenters. The summed E-state index contributed by atoms with van der Waals surface area (Å²) in [4.78, 5) is 23.3. The van der Waals surface area contributed by atoms with Crippen LogP contribution in [0.25, 0.3) is 11.3 Å². The zero-order valence-electron chi connectivity index (χ0n) is 17.2. The Morgan fingerprint density at radius 1 is 1.06 bits per heavy atom. The molecule has 0 atom stereocenters. The number of aromatic nitrogens is 5. The summed E-state index contributed by atoms with van der Waals surface area (Å²) in [7, 11) is -3.46. The molecule has 0 aliphatic carbocycles. The Morgan fingerprint density at radius 2 is 1.84 bits per heavy atom. The number of nitrogen functional groups attached to an aromatic ring is 2. The predicted molar refractivity (Wildman–Crippen MR) is 121 cm³/mol. The molecular weight excluding hydrogens is 436 g/mol. The number of morpholine rings is 1. The van der Waals surface area contributed by atoms with Gasteiger partial charge >= 0.3 is 0 Å². The molecule has 168 valence electrons. The van der Waals surface area contributed by atoms with Crippen LogP contribution in [0.3, 0.4) is 0 Å². The lowest BCUT2D eigenvalue weighted by molar-refractivity contribution is 0.122. The van der Waals surface area contributed by atoms with Crippen LogP contribution in [0, 0.1) is 0 Å². The van der Waals surface area contributed by atoms with E-state index < -0.39 is 10.0 Å². The minimum atomic E-state index is -3.46. The molecule has 0 saturated carbocycles. The Labute approximate surface area is 184 Å². The zero-order chi connectivity index (χ0) is 22.7. The van der Waals surface area contributed by atoms with Crippen LogP contribution in [0.4, 0.5) is 35.0 Å². The van der Waals surface area contributed by atoms with E-state index in [1.54, 1.807) is 18.2 Å². The Morgan fingerprint density at radius 3 is 2.56 bits per heavy atom. The van der Waals surface area contributed by atoms with Crippen LogP contribution in [0.5, 0.6) is 0 Å². The van der Waals surface area contributed by atoms with Crippen molar-refractivity contribution < 1.29 is 13.2 Å². The van der Waals surface area contributed by atoms with Crippen LogP contribution in [0.15, 0.2) is 30.6 Å². The van der Waals surface area contributed by atoms with Gasteiger partial charge in [-0.15, -0.1) is 0 Å². The van der Waals surface area contributed by atoms with Gasteiger partial charge in [0.25, 0.3) is 0 Å². The third-order valence-corrected chi connectivity index (χ3v) is 5.02. The van der Waals surface area contributed by atoms with Crippen LogP contribution in [0.2, 0.25) is 0 Å². The first-order valence-corrected chi connectivity index (χ1v) is 11.5. The highest BCUT2D eigenvalue weighted by Crippen LogP contribution is 2.28. The summed E-state index contributed by atoms with van der Waals surface area (Å²) >= 11 is 0. The average molecular weight is 459 g/mol. The third kappa shape index (κ3) is 5.28. The molecule has 32 heavy (non-hydrogen) atoms. The molecule has 0 amide bonds. The molecule has 14 heteroatoms. The summed E-state index contributed by atoms with van der Waals surface area (Å²) in [6.45, 7) is 2.39. The van der Waals surface area contributed by atoms with Crippen molar-refractivity contribution >= 4 is 45.1 Å². The molecule has 3 aromatic heterocycles. The van der Waals surface area contributed by atoms with Crippen molar-refractivity contribution in [2.24, 2.45) is 0 Å². The lowest BCUT2D eigenvalue weighted by Crippen LogP contribution is -2.37. The van der Waals surface area contributed by atoms with Crippen molar-refractivity contribution in [1.82, 2.24) is 24.9 Å². The van der Waals surface area contributed by atoms with Gasteiger partial charge in [0.15, 0.2) is 0 Å². The molecule has 0 radical (unpaired) electrons. The van der Waals surface area contributed by atoms with Crippen molar-refractivity contribution in [3.8, 4) is 11.3 Å². The molecule has 4 rings (SSSR count). The van der Waals surface area contributed by atoms with Gasteiger partial charge in [-0.2, -0.15) is 9.97 Å². The lowest BCUT2D eigenvalue weighted by Gasteiger charge is -2.27. The lowest BCUT2D eigenvalue weighted by atomic mass is 10.2. The van der Waals surface area contributed by atoms with Gasteiger partial charge < -0.3 is 26.4 Å². The summed E-state index contributed by atoms with van der Waals surface area (Å²) in [6.07, 6.45) is 4.04.